The summed E-state index contributed by atoms with van der Waals surface area (Å²) >= 11 is 0. The smallest absolute Gasteiger partial charge is 0.239 e. The molecule has 0 radical (unpaired) electrons. The largest absolute Gasteiger partial charge is 0.354 e. The van der Waals surface area contributed by atoms with Gasteiger partial charge in [-0.05, 0) is 42.2 Å². The van der Waals surface area contributed by atoms with Crippen molar-refractivity contribution in [1.82, 2.24) is 15.2 Å². The van der Waals surface area contributed by atoms with Gasteiger partial charge in [-0.1, -0.05) is 60.7 Å². The third kappa shape index (κ3) is 8.50. The standard InChI is InChI=1S/C27H30N4O3/c1-21-14-16-28-24(18-21)30-25(32)12-13-27(34)31(19-23-10-6-3-7-11-23)20-26(33)29-17-15-22-8-4-2-5-9-22/h2-11,14,16,18H,12-13,15,17,19-20H2,1H3,(H,29,33)(H,28,30,32). The molecule has 0 fully saturated rings. The zero-order valence-corrected chi connectivity index (χ0v) is 19.4. The number of nitrogens with one attached hydrogen (secondary N) is 2. The van der Waals surface area contributed by atoms with Crippen molar-refractivity contribution in [2.75, 3.05) is 18.4 Å². The quantitative estimate of drug-likeness (QED) is 0.460. The minimum atomic E-state index is -0.293. The number of hydrogen-bond donors (Lipinski definition) is 2. The molecule has 176 valence electrons. The molecule has 2 aromatic carbocycles. The summed E-state index contributed by atoms with van der Waals surface area (Å²) in [6, 6.07) is 23.0. The zero-order chi connectivity index (χ0) is 24.2. The Morgan fingerprint density at radius 3 is 2.21 bits per heavy atom. The Labute approximate surface area is 200 Å². The van der Waals surface area contributed by atoms with Crippen LogP contribution in [0.15, 0.2) is 79.0 Å². The van der Waals surface area contributed by atoms with Gasteiger partial charge < -0.3 is 15.5 Å². The van der Waals surface area contributed by atoms with E-state index >= 15 is 0 Å². The van der Waals surface area contributed by atoms with Crippen LogP contribution in [-0.4, -0.2) is 40.7 Å². The number of hydrogen-bond acceptors (Lipinski definition) is 4. The summed E-state index contributed by atoms with van der Waals surface area (Å²) < 4.78 is 0. The van der Waals surface area contributed by atoms with Gasteiger partial charge >= 0.3 is 0 Å². The number of nitrogens with zero attached hydrogens (tertiary/aromatic N) is 2. The first-order chi connectivity index (χ1) is 16.5. The first-order valence-corrected chi connectivity index (χ1v) is 11.3. The maximum atomic E-state index is 12.9. The Bertz CT molecular complexity index is 1090. The molecular weight excluding hydrogens is 428 g/mol. The number of aryl methyl sites for hydroxylation is 1. The number of rotatable bonds is 11. The minimum absolute atomic E-state index is 0.00176. The highest BCUT2D eigenvalue weighted by atomic mass is 16.2. The Balaban J connectivity index is 1.53. The molecule has 1 heterocycles. The third-order valence-electron chi connectivity index (χ3n) is 5.23. The lowest BCUT2D eigenvalue weighted by Gasteiger charge is -2.22. The summed E-state index contributed by atoms with van der Waals surface area (Å²) in [5.74, 6) is -0.321. The van der Waals surface area contributed by atoms with Crippen molar-refractivity contribution in [1.29, 1.82) is 0 Å². The monoisotopic (exact) mass is 458 g/mol. The second-order valence-electron chi connectivity index (χ2n) is 8.09. The van der Waals surface area contributed by atoms with E-state index in [4.69, 9.17) is 0 Å². The molecule has 0 saturated heterocycles. The molecule has 0 aliphatic heterocycles. The zero-order valence-electron chi connectivity index (χ0n) is 19.4. The summed E-state index contributed by atoms with van der Waals surface area (Å²) in [6.07, 6.45) is 2.34. The average molecular weight is 459 g/mol. The number of aromatic nitrogens is 1. The molecule has 3 rings (SSSR count). The Morgan fingerprint density at radius 2 is 1.53 bits per heavy atom. The second kappa shape index (κ2) is 12.9. The van der Waals surface area contributed by atoms with E-state index in [-0.39, 0.29) is 37.1 Å². The third-order valence-corrected chi connectivity index (χ3v) is 5.23. The lowest BCUT2D eigenvalue weighted by molar-refractivity contribution is -0.137. The van der Waals surface area contributed by atoms with Crippen LogP contribution in [0, 0.1) is 6.92 Å². The van der Waals surface area contributed by atoms with Gasteiger partial charge in [0.25, 0.3) is 0 Å². The number of pyridine rings is 1. The molecule has 3 aromatic rings. The van der Waals surface area contributed by atoms with Crippen LogP contribution in [0.4, 0.5) is 5.82 Å². The van der Waals surface area contributed by atoms with Crippen molar-refractivity contribution < 1.29 is 14.4 Å². The SMILES string of the molecule is Cc1ccnc(NC(=O)CCC(=O)N(CC(=O)NCCc2ccccc2)Cc2ccccc2)c1. The van der Waals surface area contributed by atoms with Gasteiger partial charge in [0.1, 0.15) is 5.82 Å². The van der Waals surface area contributed by atoms with Gasteiger partial charge in [-0.15, -0.1) is 0 Å². The van der Waals surface area contributed by atoms with Crippen LogP contribution in [0.25, 0.3) is 0 Å². The lowest BCUT2D eigenvalue weighted by Crippen LogP contribution is -2.41. The summed E-state index contributed by atoms with van der Waals surface area (Å²) in [5, 5.41) is 5.60. The molecule has 3 amide bonds. The van der Waals surface area contributed by atoms with E-state index in [0.717, 1.165) is 16.7 Å². The predicted octanol–water partition coefficient (Wildman–Crippen LogP) is 3.50. The van der Waals surface area contributed by atoms with Crippen LogP contribution < -0.4 is 10.6 Å². The molecule has 0 bridgehead atoms. The van der Waals surface area contributed by atoms with Crippen LogP contribution in [0.3, 0.4) is 0 Å². The van der Waals surface area contributed by atoms with Gasteiger partial charge in [-0.3, -0.25) is 14.4 Å². The van der Waals surface area contributed by atoms with E-state index in [0.29, 0.717) is 25.3 Å². The van der Waals surface area contributed by atoms with Gasteiger partial charge in [-0.25, -0.2) is 4.98 Å². The molecule has 0 saturated carbocycles. The highest BCUT2D eigenvalue weighted by Gasteiger charge is 2.19. The molecule has 34 heavy (non-hydrogen) atoms. The summed E-state index contributed by atoms with van der Waals surface area (Å²) in [7, 11) is 0. The van der Waals surface area contributed by atoms with Gasteiger partial charge in [-0.2, -0.15) is 0 Å². The van der Waals surface area contributed by atoms with Gasteiger partial charge in [0, 0.05) is 32.1 Å². The summed E-state index contributed by atoms with van der Waals surface area (Å²) in [5.41, 5.74) is 3.03. The molecular formula is C27H30N4O3. The molecule has 0 unspecified atom stereocenters. The van der Waals surface area contributed by atoms with Crippen LogP contribution in [0.1, 0.15) is 29.5 Å². The fourth-order valence-electron chi connectivity index (χ4n) is 3.44. The van der Waals surface area contributed by atoms with Crippen molar-refractivity contribution in [3.8, 4) is 0 Å². The van der Waals surface area contributed by atoms with Gasteiger partial charge in [0.05, 0.1) is 6.54 Å². The molecule has 7 heteroatoms. The second-order valence-corrected chi connectivity index (χ2v) is 8.09. The Kier molecular flexibility index (Phi) is 9.34. The van der Waals surface area contributed by atoms with Gasteiger partial charge in [0.2, 0.25) is 17.7 Å². The molecule has 0 aliphatic rings. The van der Waals surface area contributed by atoms with Crippen molar-refractivity contribution in [2.24, 2.45) is 0 Å². The molecule has 7 nitrogen and oxygen atoms in total. The highest BCUT2D eigenvalue weighted by Crippen LogP contribution is 2.10. The fraction of sp³-hybridized carbons (Fsp3) is 0.259. The predicted molar refractivity (Wildman–Crippen MR) is 132 cm³/mol. The number of amides is 3. The fourth-order valence-corrected chi connectivity index (χ4v) is 3.44. The lowest BCUT2D eigenvalue weighted by atomic mass is 10.1. The van der Waals surface area contributed by atoms with Crippen molar-refractivity contribution >= 4 is 23.5 Å². The maximum Gasteiger partial charge on any atom is 0.239 e. The Hall–Kier alpha value is -4.00. The van der Waals surface area contributed by atoms with E-state index in [1.807, 2.05) is 73.7 Å². The summed E-state index contributed by atoms with van der Waals surface area (Å²) in [6.45, 7) is 2.63. The maximum absolute atomic E-state index is 12.9. The highest BCUT2D eigenvalue weighted by molar-refractivity contribution is 5.93. The van der Waals surface area contributed by atoms with E-state index < -0.39 is 0 Å². The van der Waals surface area contributed by atoms with Crippen LogP contribution in [-0.2, 0) is 27.3 Å². The first-order valence-electron chi connectivity index (χ1n) is 11.3. The topological polar surface area (TPSA) is 91.4 Å². The Morgan fingerprint density at radius 1 is 0.853 bits per heavy atom. The summed E-state index contributed by atoms with van der Waals surface area (Å²) in [4.78, 5) is 43.4. The van der Waals surface area contributed by atoms with Crippen molar-refractivity contribution in [3.05, 3.63) is 95.7 Å². The van der Waals surface area contributed by atoms with E-state index in [2.05, 4.69) is 15.6 Å². The van der Waals surface area contributed by atoms with Crippen LogP contribution in [0.5, 0.6) is 0 Å². The normalized spacial score (nSPS) is 10.4. The number of anilines is 1. The minimum Gasteiger partial charge on any atom is -0.354 e. The molecule has 0 spiro atoms. The van der Waals surface area contributed by atoms with Crippen LogP contribution in [0.2, 0.25) is 0 Å². The molecule has 1 aromatic heterocycles. The average Bonchev–Trinajstić information content (AvgIpc) is 2.83. The van der Waals surface area contributed by atoms with E-state index in [1.54, 1.807) is 12.3 Å². The van der Waals surface area contributed by atoms with Crippen LogP contribution >= 0.6 is 0 Å². The molecule has 2 N–H and O–H groups in total. The number of carbonyl (C=O) groups is 3. The first kappa shape index (κ1) is 24.6. The van der Waals surface area contributed by atoms with Gasteiger partial charge in [0.15, 0.2) is 0 Å². The van der Waals surface area contributed by atoms with Crippen molar-refractivity contribution in [2.45, 2.75) is 32.7 Å². The van der Waals surface area contributed by atoms with E-state index in [1.165, 1.54) is 4.90 Å². The number of benzene rings is 2. The number of carbonyl (C=O) groups excluding carboxylic acids is 3. The van der Waals surface area contributed by atoms with E-state index in [9.17, 15) is 14.4 Å². The van der Waals surface area contributed by atoms with Crippen molar-refractivity contribution in [3.63, 3.8) is 0 Å². The molecule has 0 atom stereocenters. The molecule has 0 aliphatic carbocycles.